The molecule has 8 rings (SSSR count). The zero-order valence-electron chi connectivity index (χ0n) is 40.2. The number of carbonyl (C=O) groups is 1. The van der Waals surface area contributed by atoms with E-state index in [9.17, 15) is 4.79 Å². The molecule has 0 aliphatic carbocycles. The summed E-state index contributed by atoms with van der Waals surface area (Å²) in [6, 6.07) is 33.0. The third kappa shape index (κ3) is 13.2. The van der Waals surface area contributed by atoms with E-state index in [0.29, 0.717) is 39.1 Å². The Bertz CT molecular complexity index is 2220. The summed E-state index contributed by atoms with van der Waals surface area (Å²) in [5.41, 5.74) is 1.68. The molecule has 0 radical (unpaired) electrons. The van der Waals surface area contributed by atoms with Crippen LogP contribution in [0, 0.1) is 0 Å². The average Bonchev–Trinajstić information content (AvgIpc) is 3.52. The molecule has 0 spiro atoms. The number of thioether (sulfide) groups is 1. The number of esters is 1. The molecule has 67 heavy (non-hydrogen) atoms. The van der Waals surface area contributed by atoms with Crippen molar-refractivity contribution in [3.05, 3.63) is 120 Å². The smallest absolute Gasteiger partial charge is 0.305 e. The Balaban J connectivity index is 1.03. The molecule has 4 heterocycles. The quantitative estimate of drug-likeness (QED) is 0.0351. The summed E-state index contributed by atoms with van der Waals surface area (Å²) in [5, 5.41) is 2.42. The highest BCUT2D eigenvalue weighted by atomic mass is 32.2. The van der Waals surface area contributed by atoms with Crippen LogP contribution < -0.4 is 4.74 Å². The zero-order valence-corrected chi connectivity index (χ0v) is 42.0. The standard InChI is InChI=1S/C54H70O11SSi/c1-54(2,3)67(6,7)65-49-32-46-47(31-41(28-29-58-46)59-34-36-20-21-37-14-11-12-15-39(37)30-36)62-48(49)33-52(66-42-16-9-8-10-17-42)63-43-18-13-19-44-50(61-45(43)26-27-51(55)57-5)35-60-53(64-44)38-22-24-40(56-4)25-23-38/h8-17,19-25,30,41,43-50,52-53H,18,26-29,31-35H2,1-7H3/b19-13-/t41-,43+,44-,45-,46+,47-,48+,49-,50+,52?,53+/m0/s1. The molecule has 0 aromatic heterocycles. The van der Waals surface area contributed by atoms with Crippen molar-refractivity contribution in [3.8, 4) is 5.75 Å². The summed E-state index contributed by atoms with van der Waals surface area (Å²) in [4.78, 5) is 13.8. The highest BCUT2D eigenvalue weighted by Gasteiger charge is 2.48. The first-order valence-electron chi connectivity index (χ1n) is 24.1. The number of hydrogen-bond acceptors (Lipinski definition) is 12. The molecule has 0 bridgehead atoms. The Hall–Kier alpha value is -3.60. The number of benzene rings is 4. The molecule has 3 fully saturated rings. The molecule has 11 atom stereocenters. The molecule has 11 nitrogen and oxygen atoms in total. The SMILES string of the molecule is COC(=O)CC[C@@H]1O[C@@H]2CO[C@@H](c3ccc(OC)cc3)O[C@H]2/C=C\C[C@H]1OC(C[C@H]1O[C@H]2C[C@@H](OCc3ccc4ccccc4c3)CCO[C@@H]2C[C@@H]1O[Si](C)(C)C(C)(C)C)Sc1ccccc1. The van der Waals surface area contributed by atoms with Crippen LogP contribution in [-0.4, -0.2) is 102 Å². The highest BCUT2D eigenvalue weighted by molar-refractivity contribution is 7.99. The Morgan fingerprint density at radius 3 is 2.34 bits per heavy atom. The fraction of sp³-hybridized carbons (Fsp3) is 0.537. The van der Waals surface area contributed by atoms with Crippen LogP contribution in [0.3, 0.4) is 0 Å². The summed E-state index contributed by atoms with van der Waals surface area (Å²) in [6.07, 6.45) is 5.05. The van der Waals surface area contributed by atoms with Gasteiger partial charge in [0.15, 0.2) is 14.6 Å². The van der Waals surface area contributed by atoms with E-state index in [1.807, 2.05) is 30.3 Å². The van der Waals surface area contributed by atoms with Crippen LogP contribution in [0.5, 0.6) is 5.75 Å². The lowest BCUT2D eigenvalue weighted by Crippen LogP contribution is -2.55. The van der Waals surface area contributed by atoms with Crippen LogP contribution >= 0.6 is 11.8 Å². The fourth-order valence-electron chi connectivity index (χ4n) is 9.13. The first kappa shape index (κ1) is 49.8. The van der Waals surface area contributed by atoms with Crippen molar-refractivity contribution in [1.82, 2.24) is 0 Å². The minimum absolute atomic E-state index is 0.0104. The monoisotopic (exact) mass is 954 g/mol. The van der Waals surface area contributed by atoms with Crippen molar-refractivity contribution in [3.63, 3.8) is 0 Å². The summed E-state index contributed by atoms with van der Waals surface area (Å²) >= 11 is 1.68. The molecule has 4 aromatic carbocycles. The predicted molar refractivity (Wildman–Crippen MR) is 263 cm³/mol. The van der Waals surface area contributed by atoms with Crippen LogP contribution in [0.1, 0.15) is 83.1 Å². The van der Waals surface area contributed by atoms with Crippen molar-refractivity contribution in [2.45, 2.75) is 162 Å². The maximum Gasteiger partial charge on any atom is 0.305 e. The fourth-order valence-corrected chi connectivity index (χ4v) is 11.6. The summed E-state index contributed by atoms with van der Waals surface area (Å²) in [7, 11) is 0.800. The van der Waals surface area contributed by atoms with Gasteiger partial charge in [-0.3, -0.25) is 4.79 Å². The maximum atomic E-state index is 12.7. The van der Waals surface area contributed by atoms with Gasteiger partial charge in [0.1, 0.15) is 23.4 Å². The van der Waals surface area contributed by atoms with E-state index in [1.165, 1.54) is 17.9 Å². The van der Waals surface area contributed by atoms with Gasteiger partial charge in [-0.05, 0) is 84.1 Å². The van der Waals surface area contributed by atoms with Crippen molar-refractivity contribution >= 4 is 36.8 Å². The van der Waals surface area contributed by atoms with Crippen LogP contribution in [0.4, 0.5) is 0 Å². The Morgan fingerprint density at radius 1 is 0.821 bits per heavy atom. The lowest BCUT2D eigenvalue weighted by Gasteiger charge is -2.47. The van der Waals surface area contributed by atoms with Crippen molar-refractivity contribution in [2.24, 2.45) is 0 Å². The van der Waals surface area contributed by atoms with Gasteiger partial charge in [-0.15, -0.1) is 0 Å². The van der Waals surface area contributed by atoms with Gasteiger partial charge >= 0.3 is 5.97 Å². The maximum absolute atomic E-state index is 12.7. The van der Waals surface area contributed by atoms with Crippen LogP contribution in [-0.2, 0) is 53.7 Å². The number of rotatable bonds is 16. The third-order valence-corrected chi connectivity index (χ3v) is 19.6. The first-order chi connectivity index (χ1) is 32.3. The summed E-state index contributed by atoms with van der Waals surface area (Å²) < 4.78 is 65.4. The van der Waals surface area contributed by atoms with E-state index in [1.54, 1.807) is 18.9 Å². The number of fused-ring (bicyclic) bond motifs is 3. The molecule has 13 heteroatoms. The lowest BCUT2D eigenvalue weighted by molar-refractivity contribution is -0.269. The molecule has 4 aliphatic rings. The van der Waals surface area contributed by atoms with Crippen molar-refractivity contribution in [2.75, 3.05) is 27.4 Å². The molecule has 4 aliphatic heterocycles. The van der Waals surface area contributed by atoms with Gasteiger partial charge in [0.05, 0.1) is 70.2 Å². The number of ether oxygens (including phenoxy) is 9. The van der Waals surface area contributed by atoms with Gasteiger partial charge in [0.25, 0.3) is 0 Å². The topological polar surface area (TPSA) is 109 Å². The minimum atomic E-state index is -2.26. The van der Waals surface area contributed by atoms with Crippen molar-refractivity contribution < 1.29 is 51.9 Å². The third-order valence-electron chi connectivity index (χ3n) is 14.0. The average molecular weight is 955 g/mol. The second-order valence-corrected chi connectivity index (χ2v) is 25.7. The van der Waals surface area contributed by atoms with E-state index in [4.69, 9.17) is 47.1 Å². The molecule has 0 saturated carbocycles. The molecule has 362 valence electrons. The summed E-state index contributed by atoms with van der Waals surface area (Å²) in [6.45, 7) is 12.9. The molecule has 4 aromatic rings. The molecule has 0 N–H and O–H groups in total. The number of hydrogen-bond donors (Lipinski definition) is 0. The van der Waals surface area contributed by atoms with Crippen molar-refractivity contribution in [1.29, 1.82) is 0 Å². The Labute approximate surface area is 402 Å². The van der Waals surface area contributed by atoms with E-state index in [0.717, 1.165) is 41.0 Å². The van der Waals surface area contributed by atoms with E-state index < -0.39 is 32.9 Å². The zero-order chi connectivity index (χ0) is 47.0. The van der Waals surface area contributed by atoms with Gasteiger partial charge in [-0.2, -0.15) is 0 Å². The van der Waals surface area contributed by atoms with Gasteiger partial charge < -0.3 is 47.1 Å². The molecule has 1 unspecified atom stereocenters. The lowest BCUT2D eigenvalue weighted by atomic mass is 9.93. The summed E-state index contributed by atoms with van der Waals surface area (Å²) in [5.74, 6) is 0.460. The first-order valence-corrected chi connectivity index (χ1v) is 27.8. The second kappa shape index (κ2) is 22.9. The van der Waals surface area contributed by atoms with Crippen LogP contribution in [0.15, 0.2) is 114 Å². The molecular weight excluding hydrogens is 885 g/mol. The molecule has 3 saturated heterocycles. The number of methoxy groups -OCH3 is 2. The minimum Gasteiger partial charge on any atom is -0.497 e. The molecular formula is C54H70O11SSi. The number of carbonyl (C=O) groups excluding carboxylic acids is 1. The van der Waals surface area contributed by atoms with Gasteiger partial charge in [-0.1, -0.05) is 111 Å². The Kier molecular flexibility index (Phi) is 17.0. The van der Waals surface area contributed by atoms with Crippen LogP contribution in [0.25, 0.3) is 10.8 Å². The van der Waals surface area contributed by atoms with E-state index in [-0.39, 0.29) is 59.5 Å². The largest absolute Gasteiger partial charge is 0.497 e. The second-order valence-electron chi connectivity index (χ2n) is 19.7. The van der Waals surface area contributed by atoms with Gasteiger partial charge in [0, 0.05) is 42.7 Å². The van der Waals surface area contributed by atoms with E-state index in [2.05, 4.69) is 113 Å². The van der Waals surface area contributed by atoms with Gasteiger partial charge in [0.2, 0.25) is 0 Å². The highest BCUT2D eigenvalue weighted by Crippen LogP contribution is 2.43. The molecule has 0 amide bonds. The Morgan fingerprint density at radius 2 is 1.58 bits per heavy atom. The van der Waals surface area contributed by atoms with E-state index >= 15 is 0 Å². The van der Waals surface area contributed by atoms with Crippen LogP contribution in [0.2, 0.25) is 18.1 Å². The normalized spacial score (nSPS) is 29.1. The predicted octanol–water partition coefficient (Wildman–Crippen LogP) is 11.1. The van der Waals surface area contributed by atoms with Gasteiger partial charge in [-0.25, -0.2) is 0 Å².